The van der Waals surface area contributed by atoms with Gasteiger partial charge in [0, 0.05) is 16.1 Å². The van der Waals surface area contributed by atoms with Gasteiger partial charge in [0.1, 0.15) is 0 Å². The molecular weight excluding hydrogens is 306 g/mol. The van der Waals surface area contributed by atoms with E-state index in [2.05, 4.69) is 12.2 Å². The summed E-state index contributed by atoms with van der Waals surface area (Å²) in [5.41, 5.74) is 2.62. The van der Waals surface area contributed by atoms with Crippen LogP contribution >= 0.6 is 11.3 Å². The van der Waals surface area contributed by atoms with Crippen LogP contribution in [0.3, 0.4) is 0 Å². The topological polar surface area (TPSA) is 46.2 Å². The smallest absolute Gasteiger partial charge is 0.265 e. The summed E-state index contributed by atoms with van der Waals surface area (Å²) in [5.74, 6) is 0.664. The number of nitrogens with one attached hydrogen (secondary N) is 1. The van der Waals surface area contributed by atoms with E-state index in [0.29, 0.717) is 11.3 Å². The SMILES string of the molecule is CC[C@H]1CCc2sc(C(=O)Nc3cccc(C(C)=O)c3)cc2C1. The standard InChI is InChI=1S/C19H21NO2S/c1-3-13-7-8-17-15(9-13)11-18(23-17)19(22)20-16-6-4-5-14(10-16)12(2)21/h4-6,10-11,13H,3,7-9H2,1-2H3,(H,20,22)/t13-/m0/s1. The van der Waals surface area contributed by atoms with Crippen molar-refractivity contribution < 1.29 is 9.59 Å². The highest BCUT2D eigenvalue weighted by Crippen LogP contribution is 2.33. The molecule has 120 valence electrons. The second kappa shape index (κ2) is 6.67. The lowest BCUT2D eigenvalue weighted by atomic mass is 9.87. The van der Waals surface area contributed by atoms with Gasteiger partial charge in [0.2, 0.25) is 0 Å². The summed E-state index contributed by atoms with van der Waals surface area (Å²) in [5, 5.41) is 2.91. The molecule has 3 rings (SSSR count). The molecule has 2 aromatic rings. The minimum Gasteiger partial charge on any atom is -0.321 e. The number of rotatable bonds is 4. The number of ketones is 1. The Morgan fingerprint density at radius 1 is 1.30 bits per heavy atom. The molecular formula is C19H21NO2S. The number of hydrogen-bond acceptors (Lipinski definition) is 3. The number of thiophene rings is 1. The molecule has 23 heavy (non-hydrogen) atoms. The quantitative estimate of drug-likeness (QED) is 0.826. The summed E-state index contributed by atoms with van der Waals surface area (Å²) >= 11 is 1.61. The number of amides is 1. The van der Waals surface area contributed by atoms with Crippen LogP contribution in [-0.4, -0.2) is 11.7 Å². The number of carbonyl (C=O) groups excluding carboxylic acids is 2. The van der Waals surface area contributed by atoms with Gasteiger partial charge in [-0.15, -0.1) is 11.3 Å². The van der Waals surface area contributed by atoms with Gasteiger partial charge in [-0.2, -0.15) is 0 Å². The lowest BCUT2D eigenvalue weighted by Crippen LogP contribution is -2.11. The molecule has 0 saturated heterocycles. The Balaban J connectivity index is 1.75. The van der Waals surface area contributed by atoms with Crippen molar-refractivity contribution in [1.82, 2.24) is 0 Å². The normalized spacial score (nSPS) is 16.7. The Labute approximate surface area is 140 Å². The summed E-state index contributed by atoms with van der Waals surface area (Å²) in [6.45, 7) is 3.76. The molecule has 1 aromatic carbocycles. The van der Waals surface area contributed by atoms with Gasteiger partial charge in [-0.25, -0.2) is 0 Å². The third-order valence-corrected chi connectivity index (χ3v) is 5.75. The molecule has 0 saturated carbocycles. The average molecular weight is 327 g/mol. The number of Topliss-reactive ketones (excluding diaryl/α,β-unsaturated/α-hetero) is 1. The predicted octanol–water partition coefficient (Wildman–Crippen LogP) is 4.72. The Hall–Kier alpha value is -1.94. The van der Waals surface area contributed by atoms with Crippen molar-refractivity contribution in [2.75, 3.05) is 5.32 Å². The summed E-state index contributed by atoms with van der Waals surface area (Å²) in [6, 6.07) is 9.13. The Kier molecular flexibility index (Phi) is 4.62. The average Bonchev–Trinajstić information content (AvgIpc) is 2.98. The molecule has 1 N–H and O–H groups in total. The fourth-order valence-corrected chi connectivity index (χ4v) is 4.17. The maximum atomic E-state index is 12.5. The Morgan fingerprint density at radius 3 is 2.87 bits per heavy atom. The monoisotopic (exact) mass is 327 g/mol. The van der Waals surface area contributed by atoms with Gasteiger partial charge in [-0.3, -0.25) is 9.59 Å². The predicted molar refractivity (Wildman–Crippen MR) is 94.5 cm³/mol. The van der Waals surface area contributed by atoms with Gasteiger partial charge in [-0.05, 0) is 55.9 Å². The van der Waals surface area contributed by atoms with Gasteiger partial charge >= 0.3 is 0 Å². The first-order valence-corrected chi connectivity index (χ1v) is 8.92. The number of fused-ring (bicyclic) bond motifs is 1. The molecule has 3 nitrogen and oxygen atoms in total. The fourth-order valence-electron chi connectivity index (χ4n) is 3.07. The molecule has 0 radical (unpaired) electrons. The Morgan fingerprint density at radius 2 is 2.13 bits per heavy atom. The van der Waals surface area contributed by atoms with Gasteiger partial charge in [-0.1, -0.05) is 25.5 Å². The van der Waals surface area contributed by atoms with Crippen molar-refractivity contribution in [3.8, 4) is 0 Å². The largest absolute Gasteiger partial charge is 0.321 e. The maximum Gasteiger partial charge on any atom is 0.265 e. The van der Waals surface area contributed by atoms with Gasteiger partial charge in [0.25, 0.3) is 5.91 Å². The first kappa shape index (κ1) is 15.9. The van der Waals surface area contributed by atoms with Crippen LogP contribution in [0.1, 0.15) is 57.2 Å². The van der Waals surface area contributed by atoms with Crippen molar-refractivity contribution in [2.24, 2.45) is 5.92 Å². The van der Waals surface area contributed by atoms with Crippen molar-refractivity contribution in [3.63, 3.8) is 0 Å². The van der Waals surface area contributed by atoms with E-state index in [9.17, 15) is 9.59 Å². The summed E-state index contributed by atoms with van der Waals surface area (Å²) < 4.78 is 0. The second-order valence-corrected chi connectivity index (χ2v) is 7.30. The highest BCUT2D eigenvalue weighted by Gasteiger charge is 2.22. The molecule has 1 aliphatic rings. The summed E-state index contributed by atoms with van der Waals surface area (Å²) in [4.78, 5) is 26.0. The van der Waals surface area contributed by atoms with E-state index in [-0.39, 0.29) is 11.7 Å². The minimum absolute atomic E-state index is 0.00158. The fraction of sp³-hybridized carbons (Fsp3) is 0.368. The van der Waals surface area contributed by atoms with Crippen LogP contribution in [0.25, 0.3) is 0 Å². The first-order chi connectivity index (χ1) is 11.1. The third-order valence-electron chi connectivity index (χ3n) is 4.51. The van der Waals surface area contributed by atoms with Gasteiger partial charge in [0.05, 0.1) is 4.88 Å². The van der Waals surface area contributed by atoms with Crippen molar-refractivity contribution in [2.45, 2.75) is 39.5 Å². The van der Waals surface area contributed by atoms with E-state index < -0.39 is 0 Å². The van der Waals surface area contributed by atoms with Crippen LogP contribution < -0.4 is 5.32 Å². The number of anilines is 1. The molecule has 1 atom stereocenters. The third kappa shape index (κ3) is 3.53. The molecule has 0 bridgehead atoms. The van der Waals surface area contributed by atoms with Gasteiger partial charge < -0.3 is 5.32 Å². The second-order valence-electron chi connectivity index (χ2n) is 6.17. The highest BCUT2D eigenvalue weighted by molar-refractivity contribution is 7.14. The van der Waals surface area contributed by atoms with Crippen LogP contribution in [0.4, 0.5) is 5.69 Å². The van der Waals surface area contributed by atoms with Crippen LogP contribution in [-0.2, 0) is 12.8 Å². The number of benzene rings is 1. The molecule has 1 heterocycles. The van der Waals surface area contributed by atoms with Crippen LogP contribution in [0.5, 0.6) is 0 Å². The zero-order valence-corrected chi connectivity index (χ0v) is 14.3. The molecule has 0 aliphatic heterocycles. The molecule has 1 aliphatic carbocycles. The highest BCUT2D eigenvalue weighted by atomic mass is 32.1. The molecule has 4 heteroatoms. The number of hydrogen-bond donors (Lipinski definition) is 1. The van der Waals surface area contributed by atoms with E-state index in [1.807, 2.05) is 12.1 Å². The summed E-state index contributed by atoms with van der Waals surface area (Å²) in [6.07, 6.45) is 4.61. The van der Waals surface area contributed by atoms with Gasteiger partial charge in [0.15, 0.2) is 5.78 Å². The van der Waals surface area contributed by atoms with E-state index in [1.165, 1.54) is 30.2 Å². The minimum atomic E-state index is -0.0850. The van der Waals surface area contributed by atoms with Crippen molar-refractivity contribution in [1.29, 1.82) is 0 Å². The molecule has 0 fully saturated rings. The lowest BCUT2D eigenvalue weighted by Gasteiger charge is -2.19. The number of carbonyl (C=O) groups is 2. The van der Waals surface area contributed by atoms with Crippen LogP contribution in [0.2, 0.25) is 0 Å². The summed E-state index contributed by atoms with van der Waals surface area (Å²) in [7, 11) is 0. The van der Waals surface area contributed by atoms with Crippen LogP contribution in [0, 0.1) is 5.92 Å². The van der Waals surface area contributed by atoms with Crippen LogP contribution in [0.15, 0.2) is 30.3 Å². The molecule has 0 unspecified atom stereocenters. The van der Waals surface area contributed by atoms with Crippen molar-refractivity contribution in [3.05, 3.63) is 51.2 Å². The van der Waals surface area contributed by atoms with E-state index >= 15 is 0 Å². The number of aryl methyl sites for hydroxylation is 1. The molecule has 1 amide bonds. The van der Waals surface area contributed by atoms with E-state index in [1.54, 1.807) is 29.5 Å². The van der Waals surface area contributed by atoms with Crippen molar-refractivity contribution >= 4 is 28.7 Å². The lowest BCUT2D eigenvalue weighted by molar-refractivity contribution is 0.101. The zero-order valence-electron chi connectivity index (χ0n) is 13.5. The van der Waals surface area contributed by atoms with E-state index in [4.69, 9.17) is 0 Å². The van der Waals surface area contributed by atoms with E-state index in [0.717, 1.165) is 23.6 Å². The molecule has 0 spiro atoms. The zero-order chi connectivity index (χ0) is 16.4. The maximum absolute atomic E-state index is 12.5. The molecule has 1 aromatic heterocycles. The first-order valence-electron chi connectivity index (χ1n) is 8.10. The Bertz CT molecular complexity index is 748.